The van der Waals surface area contributed by atoms with Crippen LogP contribution in [-0.2, 0) is 4.74 Å². The van der Waals surface area contributed by atoms with E-state index in [0.29, 0.717) is 6.10 Å². The van der Waals surface area contributed by atoms with Gasteiger partial charge in [-0.2, -0.15) is 0 Å². The minimum Gasteiger partial charge on any atom is -0.374 e. The van der Waals surface area contributed by atoms with Crippen molar-refractivity contribution < 1.29 is 4.74 Å². The summed E-state index contributed by atoms with van der Waals surface area (Å²) in [5, 5.41) is 0. The van der Waals surface area contributed by atoms with Gasteiger partial charge in [-0.3, -0.25) is 0 Å². The molecule has 18 heavy (non-hydrogen) atoms. The largest absolute Gasteiger partial charge is 0.374 e. The molecule has 1 rings (SSSR count). The summed E-state index contributed by atoms with van der Waals surface area (Å²) in [6, 6.07) is 10.6. The van der Waals surface area contributed by atoms with E-state index in [1.54, 1.807) is 0 Å². The van der Waals surface area contributed by atoms with Crippen molar-refractivity contribution in [1.82, 2.24) is 0 Å². The molecule has 0 fully saturated rings. The molecule has 0 spiro atoms. The summed E-state index contributed by atoms with van der Waals surface area (Å²) in [5.74, 6) is 0. The van der Waals surface area contributed by atoms with Crippen molar-refractivity contribution in [3.8, 4) is 0 Å². The third-order valence-electron chi connectivity index (χ3n) is 3.36. The Balaban J connectivity index is 2.26. The molecule has 0 aromatic heterocycles. The average molecular weight is 248 g/mol. The first-order chi connectivity index (χ1) is 8.88. The summed E-state index contributed by atoms with van der Waals surface area (Å²) in [5.41, 5.74) is 1.33. The van der Waals surface area contributed by atoms with Crippen molar-refractivity contribution in [2.75, 3.05) is 6.61 Å². The first-order valence-electron chi connectivity index (χ1n) is 7.55. The normalized spacial score (nSPS) is 12.6. The van der Waals surface area contributed by atoms with Crippen molar-refractivity contribution in [3.63, 3.8) is 0 Å². The van der Waals surface area contributed by atoms with Gasteiger partial charge >= 0.3 is 0 Å². The molecule has 0 aliphatic heterocycles. The van der Waals surface area contributed by atoms with Crippen LogP contribution in [-0.4, -0.2) is 6.61 Å². The standard InChI is InChI=1S/C17H28O/c1-3-5-6-7-8-12-15-17(18-4-2)16-13-10-9-11-14-16/h9-11,13-14,17H,3-8,12,15H2,1-2H3. The Morgan fingerprint density at radius 1 is 0.889 bits per heavy atom. The molecule has 1 unspecified atom stereocenters. The molecule has 1 aromatic carbocycles. The minimum absolute atomic E-state index is 0.294. The molecule has 0 saturated carbocycles. The zero-order valence-electron chi connectivity index (χ0n) is 12.0. The third kappa shape index (κ3) is 6.20. The van der Waals surface area contributed by atoms with Crippen LogP contribution in [0.25, 0.3) is 0 Å². The lowest BCUT2D eigenvalue weighted by molar-refractivity contribution is 0.0542. The fraction of sp³-hybridized carbons (Fsp3) is 0.647. The number of rotatable bonds is 10. The summed E-state index contributed by atoms with van der Waals surface area (Å²) >= 11 is 0. The van der Waals surface area contributed by atoms with Gasteiger partial charge in [-0.1, -0.05) is 75.8 Å². The van der Waals surface area contributed by atoms with Crippen LogP contribution in [0.5, 0.6) is 0 Å². The topological polar surface area (TPSA) is 9.23 Å². The van der Waals surface area contributed by atoms with Gasteiger partial charge in [0, 0.05) is 6.61 Å². The second kappa shape index (κ2) is 10.1. The number of hydrogen-bond donors (Lipinski definition) is 0. The highest BCUT2D eigenvalue weighted by atomic mass is 16.5. The Kier molecular flexibility index (Phi) is 8.58. The zero-order valence-corrected chi connectivity index (χ0v) is 12.0. The van der Waals surface area contributed by atoms with E-state index in [0.717, 1.165) is 13.0 Å². The predicted molar refractivity (Wildman–Crippen MR) is 78.8 cm³/mol. The molecule has 0 bridgehead atoms. The van der Waals surface area contributed by atoms with Crippen LogP contribution in [0, 0.1) is 0 Å². The molecule has 102 valence electrons. The molecule has 0 aliphatic carbocycles. The van der Waals surface area contributed by atoms with Gasteiger partial charge in [-0.25, -0.2) is 0 Å². The SMILES string of the molecule is CCCCCCCCC(OCC)c1ccccc1. The lowest BCUT2D eigenvalue weighted by Crippen LogP contribution is -2.04. The number of ether oxygens (including phenoxy) is 1. The lowest BCUT2D eigenvalue weighted by atomic mass is 10.0. The molecule has 0 N–H and O–H groups in total. The smallest absolute Gasteiger partial charge is 0.0824 e. The predicted octanol–water partition coefficient (Wildman–Crippen LogP) is 5.51. The number of hydrogen-bond acceptors (Lipinski definition) is 1. The highest BCUT2D eigenvalue weighted by Crippen LogP contribution is 2.23. The van der Waals surface area contributed by atoms with E-state index in [2.05, 4.69) is 44.2 Å². The Labute approximate surface area is 113 Å². The maximum atomic E-state index is 5.86. The van der Waals surface area contributed by atoms with Crippen LogP contribution in [0.1, 0.15) is 70.5 Å². The molecule has 0 radical (unpaired) electrons. The van der Waals surface area contributed by atoms with E-state index in [4.69, 9.17) is 4.74 Å². The van der Waals surface area contributed by atoms with E-state index >= 15 is 0 Å². The van der Waals surface area contributed by atoms with Gasteiger partial charge in [0.25, 0.3) is 0 Å². The Morgan fingerprint density at radius 3 is 2.22 bits per heavy atom. The van der Waals surface area contributed by atoms with E-state index in [9.17, 15) is 0 Å². The van der Waals surface area contributed by atoms with E-state index in [-0.39, 0.29) is 0 Å². The molecule has 1 atom stereocenters. The first-order valence-corrected chi connectivity index (χ1v) is 7.55. The molecule has 0 amide bonds. The van der Waals surface area contributed by atoms with Crippen LogP contribution in [0.3, 0.4) is 0 Å². The van der Waals surface area contributed by atoms with Gasteiger partial charge in [0.15, 0.2) is 0 Å². The van der Waals surface area contributed by atoms with Crippen molar-refractivity contribution in [2.45, 2.75) is 64.9 Å². The Bertz CT molecular complexity index is 281. The van der Waals surface area contributed by atoms with Crippen molar-refractivity contribution in [3.05, 3.63) is 35.9 Å². The van der Waals surface area contributed by atoms with Crippen molar-refractivity contribution in [1.29, 1.82) is 0 Å². The molecule has 1 aromatic rings. The lowest BCUT2D eigenvalue weighted by Gasteiger charge is -2.17. The highest BCUT2D eigenvalue weighted by molar-refractivity contribution is 5.17. The van der Waals surface area contributed by atoms with Crippen LogP contribution in [0.4, 0.5) is 0 Å². The Hall–Kier alpha value is -0.820. The second-order valence-electron chi connectivity index (χ2n) is 4.91. The fourth-order valence-corrected chi connectivity index (χ4v) is 2.33. The van der Waals surface area contributed by atoms with Gasteiger partial charge in [-0.05, 0) is 18.9 Å². The van der Waals surface area contributed by atoms with Crippen LogP contribution < -0.4 is 0 Å². The van der Waals surface area contributed by atoms with Gasteiger partial charge in [0.2, 0.25) is 0 Å². The minimum atomic E-state index is 0.294. The highest BCUT2D eigenvalue weighted by Gasteiger charge is 2.10. The van der Waals surface area contributed by atoms with E-state index < -0.39 is 0 Å². The summed E-state index contributed by atoms with van der Waals surface area (Å²) in [7, 11) is 0. The molecular weight excluding hydrogens is 220 g/mol. The van der Waals surface area contributed by atoms with Crippen molar-refractivity contribution >= 4 is 0 Å². The maximum Gasteiger partial charge on any atom is 0.0824 e. The molecule has 1 nitrogen and oxygen atoms in total. The van der Waals surface area contributed by atoms with Gasteiger partial charge in [0.1, 0.15) is 0 Å². The fourth-order valence-electron chi connectivity index (χ4n) is 2.33. The van der Waals surface area contributed by atoms with Crippen LogP contribution >= 0.6 is 0 Å². The molecule has 1 heteroatoms. The third-order valence-corrected chi connectivity index (χ3v) is 3.36. The van der Waals surface area contributed by atoms with E-state index in [1.165, 1.54) is 44.1 Å². The zero-order chi connectivity index (χ0) is 13.1. The molecule has 0 heterocycles. The van der Waals surface area contributed by atoms with Crippen LogP contribution in [0.15, 0.2) is 30.3 Å². The number of benzene rings is 1. The maximum absolute atomic E-state index is 5.86. The average Bonchev–Trinajstić information content (AvgIpc) is 2.42. The monoisotopic (exact) mass is 248 g/mol. The summed E-state index contributed by atoms with van der Waals surface area (Å²) in [6.45, 7) is 5.15. The van der Waals surface area contributed by atoms with Crippen molar-refractivity contribution in [2.24, 2.45) is 0 Å². The van der Waals surface area contributed by atoms with Gasteiger partial charge in [0.05, 0.1) is 6.10 Å². The Morgan fingerprint density at radius 2 is 1.56 bits per heavy atom. The molecule has 0 saturated heterocycles. The van der Waals surface area contributed by atoms with Gasteiger partial charge in [-0.15, -0.1) is 0 Å². The second-order valence-corrected chi connectivity index (χ2v) is 4.91. The summed E-state index contributed by atoms with van der Waals surface area (Å²) < 4.78 is 5.86. The summed E-state index contributed by atoms with van der Waals surface area (Å²) in [4.78, 5) is 0. The molecular formula is C17H28O. The van der Waals surface area contributed by atoms with Gasteiger partial charge < -0.3 is 4.74 Å². The molecule has 0 aliphatic rings. The van der Waals surface area contributed by atoms with E-state index in [1.807, 2.05) is 0 Å². The summed E-state index contributed by atoms with van der Waals surface area (Å²) in [6.07, 6.45) is 9.55. The van der Waals surface area contributed by atoms with Crippen LogP contribution in [0.2, 0.25) is 0 Å². The quantitative estimate of drug-likeness (QED) is 0.496. The number of unbranched alkanes of at least 4 members (excludes halogenated alkanes) is 5. The first kappa shape index (κ1) is 15.2.